The van der Waals surface area contributed by atoms with Crippen molar-refractivity contribution in [2.75, 3.05) is 18.4 Å². The zero-order valence-corrected chi connectivity index (χ0v) is 12.0. The summed E-state index contributed by atoms with van der Waals surface area (Å²) in [5, 5.41) is 15.3. The summed E-state index contributed by atoms with van der Waals surface area (Å²) in [6.07, 6.45) is 4.48. The lowest BCUT2D eigenvalue weighted by atomic mass is 10.0. The van der Waals surface area contributed by atoms with Crippen LogP contribution in [0.25, 0.3) is 0 Å². The van der Waals surface area contributed by atoms with Gasteiger partial charge in [-0.2, -0.15) is 5.26 Å². The molecule has 3 rings (SSSR count). The average molecular weight is 284 g/mol. The van der Waals surface area contributed by atoms with Gasteiger partial charge in [0.25, 0.3) is 0 Å². The van der Waals surface area contributed by atoms with Crippen molar-refractivity contribution in [3.63, 3.8) is 0 Å². The molecule has 5 heteroatoms. The monoisotopic (exact) mass is 284 g/mol. The summed E-state index contributed by atoms with van der Waals surface area (Å²) in [4.78, 5) is 14.4. The van der Waals surface area contributed by atoms with E-state index in [1.807, 2.05) is 11.0 Å². The molecule has 5 nitrogen and oxygen atoms in total. The Bertz CT molecular complexity index is 560. The van der Waals surface area contributed by atoms with Gasteiger partial charge in [-0.15, -0.1) is 0 Å². The van der Waals surface area contributed by atoms with Crippen LogP contribution in [0.15, 0.2) is 24.3 Å². The van der Waals surface area contributed by atoms with Crippen molar-refractivity contribution < 1.29 is 4.79 Å². The Labute approximate surface area is 124 Å². The molecule has 2 unspecified atom stereocenters. The van der Waals surface area contributed by atoms with Gasteiger partial charge in [0, 0.05) is 24.3 Å². The largest absolute Gasteiger partial charge is 0.322 e. The molecule has 2 aliphatic heterocycles. The van der Waals surface area contributed by atoms with Crippen LogP contribution in [-0.2, 0) is 0 Å². The van der Waals surface area contributed by atoms with Crippen LogP contribution in [0.5, 0.6) is 0 Å². The number of urea groups is 1. The number of likely N-dealkylation sites (tertiary alicyclic amines) is 1. The highest BCUT2D eigenvalue weighted by atomic mass is 16.2. The molecule has 0 saturated carbocycles. The first-order valence-corrected chi connectivity index (χ1v) is 7.59. The minimum atomic E-state index is -0.0544. The molecule has 0 spiro atoms. The highest BCUT2D eigenvalue weighted by Crippen LogP contribution is 2.25. The van der Waals surface area contributed by atoms with Crippen LogP contribution in [0, 0.1) is 11.3 Å². The van der Waals surface area contributed by atoms with E-state index < -0.39 is 0 Å². The predicted octanol–water partition coefficient (Wildman–Crippen LogP) is 2.31. The maximum atomic E-state index is 12.5. The van der Waals surface area contributed by atoms with Gasteiger partial charge in [0.1, 0.15) is 0 Å². The van der Waals surface area contributed by atoms with E-state index in [-0.39, 0.29) is 6.03 Å². The summed E-state index contributed by atoms with van der Waals surface area (Å²) < 4.78 is 0. The van der Waals surface area contributed by atoms with Crippen LogP contribution >= 0.6 is 0 Å². The zero-order valence-electron chi connectivity index (χ0n) is 12.0. The summed E-state index contributed by atoms with van der Waals surface area (Å²) in [6, 6.07) is 9.81. The van der Waals surface area contributed by atoms with E-state index in [4.69, 9.17) is 5.26 Å². The van der Waals surface area contributed by atoms with Crippen LogP contribution in [0.1, 0.15) is 31.2 Å². The second-order valence-electron chi connectivity index (χ2n) is 5.73. The van der Waals surface area contributed by atoms with Gasteiger partial charge in [0.05, 0.1) is 11.6 Å². The van der Waals surface area contributed by atoms with Crippen LogP contribution in [-0.4, -0.2) is 36.1 Å². The fourth-order valence-electron chi connectivity index (χ4n) is 3.36. The second kappa shape index (κ2) is 6.15. The number of carbonyl (C=O) groups is 1. The van der Waals surface area contributed by atoms with Gasteiger partial charge in [-0.05, 0) is 50.4 Å². The molecule has 0 bridgehead atoms. The maximum absolute atomic E-state index is 12.5. The topological polar surface area (TPSA) is 68.2 Å². The molecular formula is C16H20N4O. The van der Waals surface area contributed by atoms with E-state index in [2.05, 4.69) is 16.7 Å². The SMILES string of the molecule is N#Cc1cccc(NC(=O)N2CCCC2C2CCCN2)c1. The number of nitrogens with one attached hydrogen (secondary N) is 2. The molecule has 0 radical (unpaired) electrons. The van der Waals surface area contributed by atoms with Gasteiger partial charge in [-0.3, -0.25) is 0 Å². The number of carbonyl (C=O) groups excluding carboxylic acids is 1. The molecule has 2 amide bonds. The number of benzene rings is 1. The smallest absolute Gasteiger partial charge is 0.320 e. The summed E-state index contributed by atoms with van der Waals surface area (Å²) >= 11 is 0. The van der Waals surface area contributed by atoms with E-state index in [0.29, 0.717) is 23.3 Å². The van der Waals surface area contributed by atoms with Crippen molar-refractivity contribution in [2.24, 2.45) is 0 Å². The first kappa shape index (κ1) is 13.9. The fourth-order valence-corrected chi connectivity index (χ4v) is 3.36. The summed E-state index contributed by atoms with van der Waals surface area (Å²) in [6.45, 7) is 1.87. The first-order valence-electron chi connectivity index (χ1n) is 7.59. The third-order valence-corrected chi connectivity index (χ3v) is 4.37. The summed E-state index contributed by atoms with van der Waals surface area (Å²) in [5.74, 6) is 0. The molecule has 2 heterocycles. The number of rotatable bonds is 2. The van der Waals surface area contributed by atoms with Gasteiger partial charge in [0.2, 0.25) is 0 Å². The molecule has 2 atom stereocenters. The molecule has 1 aromatic rings. The predicted molar refractivity (Wildman–Crippen MR) is 80.9 cm³/mol. The number of nitrogens with zero attached hydrogens (tertiary/aromatic N) is 2. The van der Waals surface area contributed by atoms with E-state index in [1.165, 1.54) is 6.42 Å². The van der Waals surface area contributed by atoms with Crippen LogP contribution in [0.2, 0.25) is 0 Å². The summed E-state index contributed by atoms with van der Waals surface area (Å²) in [5.41, 5.74) is 1.24. The van der Waals surface area contributed by atoms with Crippen molar-refractivity contribution >= 4 is 11.7 Å². The lowest BCUT2D eigenvalue weighted by Crippen LogP contribution is -2.48. The number of hydrogen-bond donors (Lipinski definition) is 2. The molecule has 0 aromatic heterocycles. The standard InChI is InChI=1S/C16H20N4O/c17-11-12-4-1-5-13(10-12)19-16(21)20-9-3-7-15(20)14-6-2-8-18-14/h1,4-5,10,14-15,18H,2-3,6-9H2,(H,19,21). The lowest BCUT2D eigenvalue weighted by molar-refractivity contribution is 0.195. The Balaban J connectivity index is 1.67. The summed E-state index contributed by atoms with van der Waals surface area (Å²) in [7, 11) is 0. The van der Waals surface area contributed by atoms with Crippen molar-refractivity contribution in [3.8, 4) is 6.07 Å². The van der Waals surface area contributed by atoms with Crippen molar-refractivity contribution in [2.45, 2.75) is 37.8 Å². The Morgan fingerprint density at radius 1 is 1.38 bits per heavy atom. The minimum Gasteiger partial charge on any atom is -0.320 e. The second-order valence-corrected chi connectivity index (χ2v) is 5.73. The highest BCUT2D eigenvalue weighted by Gasteiger charge is 2.35. The van der Waals surface area contributed by atoms with E-state index in [9.17, 15) is 4.79 Å². The zero-order chi connectivity index (χ0) is 14.7. The Morgan fingerprint density at radius 2 is 2.29 bits per heavy atom. The number of nitriles is 1. The van der Waals surface area contributed by atoms with Crippen LogP contribution in [0.4, 0.5) is 10.5 Å². The number of amides is 2. The molecule has 2 aliphatic rings. The minimum absolute atomic E-state index is 0.0544. The van der Waals surface area contributed by atoms with Gasteiger partial charge in [-0.25, -0.2) is 4.79 Å². The molecule has 2 fully saturated rings. The molecule has 110 valence electrons. The molecule has 2 saturated heterocycles. The number of hydrogen-bond acceptors (Lipinski definition) is 3. The molecule has 21 heavy (non-hydrogen) atoms. The van der Waals surface area contributed by atoms with Crippen LogP contribution < -0.4 is 10.6 Å². The first-order chi connectivity index (χ1) is 10.3. The van der Waals surface area contributed by atoms with Crippen LogP contribution in [0.3, 0.4) is 0 Å². The lowest BCUT2D eigenvalue weighted by Gasteiger charge is -2.29. The average Bonchev–Trinajstić information content (AvgIpc) is 3.18. The fraction of sp³-hybridized carbons (Fsp3) is 0.500. The van der Waals surface area contributed by atoms with Gasteiger partial charge in [0.15, 0.2) is 0 Å². The van der Waals surface area contributed by atoms with E-state index >= 15 is 0 Å². The highest BCUT2D eigenvalue weighted by molar-refractivity contribution is 5.90. The molecule has 1 aromatic carbocycles. The third-order valence-electron chi connectivity index (χ3n) is 4.37. The van der Waals surface area contributed by atoms with Crippen molar-refractivity contribution in [3.05, 3.63) is 29.8 Å². The van der Waals surface area contributed by atoms with E-state index in [0.717, 1.165) is 32.4 Å². The Kier molecular flexibility index (Phi) is 4.07. The molecule has 0 aliphatic carbocycles. The van der Waals surface area contributed by atoms with E-state index in [1.54, 1.807) is 18.2 Å². The maximum Gasteiger partial charge on any atom is 0.322 e. The normalized spacial score (nSPS) is 24.8. The van der Waals surface area contributed by atoms with Gasteiger partial charge >= 0.3 is 6.03 Å². The Hall–Kier alpha value is -2.06. The van der Waals surface area contributed by atoms with Gasteiger partial charge < -0.3 is 15.5 Å². The Morgan fingerprint density at radius 3 is 3.05 bits per heavy atom. The van der Waals surface area contributed by atoms with Crippen molar-refractivity contribution in [1.29, 1.82) is 5.26 Å². The third kappa shape index (κ3) is 3.01. The molecular weight excluding hydrogens is 264 g/mol. The quantitative estimate of drug-likeness (QED) is 0.875. The van der Waals surface area contributed by atoms with Crippen molar-refractivity contribution in [1.82, 2.24) is 10.2 Å². The van der Waals surface area contributed by atoms with Gasteiger partial charge in [-0.1, -0.05) is 6.07 Å². The molecule has 2 N–H and O–H groups in total. The number of anilines is 1.